The average molecular weight is 390 g/mol. The third-order valence-electron chi connectivity index (χ3n) is 4.60. The Balaban J connectivity index is 1.93. The highest BCUT2D eigenvalue weighted by atomic mass is 32.2. The molecular formula is C19H9F3O4S. The predicted molar refractivity (Wildman–Crippen MR) is 95.5 cm³/mol. The van der Waals surface area contributed by atoms with Crippen LogP contribution in [0.3, 0.4) is 0 Å². The molecule has 0 radical (unpaired) electrons. The Bertz CT molecular complexity index is 1450. The summed E-state index contributed by atoms with van der Waals surface area (Å²) in [4.78, 5) is 0. The van der Waals surface area contributed by atoms with E-state index in [0.29, 0.717) is 11.0 Å². The minimum atomic E-state index is -5.81. The molecule has 0 aliphatic carbocycles. The van der Waals surface area contributed by atoms with Gasteiger partial charge in [0.05, 0.1) is 0 Å². The van der Waals surface area contributed by atoms with Crippen molar-refractivity contribution < 1.29 is 30.2 Å². The predicted octanol–water partition coefficient (Wildman–Crippen LogP) is 5.56. The molecule has 0 atom stereocenters. The summed E-state index contributed by atoms with van der Waals surface area (Å²) in [5.41, 5.74) is -5.12. The number of benzene rings is 4. The number of alkyl halides is 3. The van der Waals surface area contributed by atoms with Gasteiger partial charge in [0.1, 0.15) is 5.58 Å². The molecule has 0 aliphatic rings. The fraction of sp³-hybridized carbons (Fsp3) is 0.0526. The van der Waals surface area contributed by atoms with Crippen LogP contribution in [0.4, 0.5) is 13.2 Å². The van der Waals surface area contributed by atoms with Crippen LogP contribution in [0.5, 0.6) is 5.75 Å². The Morgan fingerprint density at radius 3 is 2.07 bits per heavy atom. The summed E-state index contributed by atoms with van der Waals surface area (Å²) in [6.07, 6.45) is 0. The molecule has 8 heteroatoms. The number of furan rings is 1. The first kappa shape index (κ1) is 16.2. The fourth-order valence-corrected chi connectivity index (χ4v) is 3.99. The smallest absolute Gasteiger partial charge is 0.452 e. The van der Waals surface area contributed by atoms with E-state index in [1.165, 1.54) is 6.07 Å². The molecule has 5 aromatic rings. The first-order valence-corrected chi connectivity index (χ1v) is 9.27. The van der Waals surface area contributed by atoms with Gasteiger partial charge in [-0.3, -0.25) is 0 Å². The van der Waals surface area contributed by atoms with E-state index >= 15 is 0 Å². The van der Waals surface area contributed by atoms with Gasteiger partial charge in [0.15, 0.2) is 11.3 Å². The van der Waals surface area contributed by atoms with E-state index in [4.69, 9.17) is 4.42 Å². The largest absolute Gasteiger partial charge is 0.534 e. The maximum Gasteiger partial charge on any atom is 0.534 e. The third-order valence-corrected chi connectivity index (χ3v) is 5.57. The van der Waals surface area contributed by atoms with Crippen LogP contribution in [0, 0.1) is 0 Å². The van der Waals surface area contributed by atoms with E-state index in [1.807, 2.05) is 30.3 Å². The van der Waals surface area contributed by atoms with E-state index < -0.39 is 21.4 Å². The van der Waals surface area contributed by atoms with Crippen molar-refractivity contribution in [3.05, 3.63) is 54.6 Å². The molecule has 0 unspecified atom stereocenters. The van der Waals surface area contributed by atoms with Crippen molar-refractivity contribution in [1.29, 1.82) is 0 Å². The molecule has 0 amide bonds. The van der Waals surface area contributed by atoms with Gasteiger partial charge in [-0.15, -0.1) is 0 Å². The van der Waals surface area contributed by atoms with Crippen LogP contribution >= 0.6 is 0 Å². The Morgan fingerprint density at radius 2 is 1.41 bits per heavy atom. The Labute approximate surface area is 150 Å². The summed E-state index contributed by atoms with van der Waals surface area (Å²) < 4.78 is 71.2. The highest BCUT2D eigenvalue weighted by Gasteiger charge is 2.49. The minimum Gasteiger partial charge on any atom is -0.452 e. The lowest BCUT2D eigenvalue weighted by Gasteiger charge is -2.11. The van der Waals surface area contributed by atoms with Gasteiger partial charge in [0.2, 0.25) is 0 Å². The maximum absolute atomic E-state index is 12.7. The molecule has 1 aromatic heterocycles. The second kappa shape index (κ2) is 5.04. The Morgan fingerprint density at radius 1 is 0.778 bits per heavy atom. The highest BCUT2D eigenvalue weighted by molar-refractivity contribution is 7.88. The van der Waals surface area contributed by atoms with Gasteiger partial charge in [0, 0.05) is 10.8 Å². The zero-order valence-corrected chi connectivity index (χ0v) is 14.2. The fourth-order valence-electron chi connectivity index (χ4n) is 3.53. The maximum atomic E-state index is 12.7. The number of hydrogen-bond acceptors (Lipinski definition) is 4. The van der Waals surface area contributed by atoms with Crippen molar-refractivity contribution in [2.24, 2.45) is 0 Å². The lowest BCUT2D eigenvalue weighted by Crippen LogP contribution is -2.28. The molecule has 5 rings (SSSR count). The van der Waals surface area contributed by atoms with Crippen LogP contribution in [-0.4, -0.2) is 13.9 Å². The van der Waals surface area contributed by atoms with E-state index in [1.54, 1.807) is 18.2 Å². The van der Waals surface area contributed by atoms with Crippen molar-refractivity contribution in [3.8, 4) is 5.75 Å². The normalized spacial score (nSPS) is 13.3. The third kappa shape index (κ3) is 2.13. The van der Waals surface area contributed by atoms with Crippen molar-refractivity contribution in [2.45, 2.75) is 5.51 Å². The SMILES string of the molecule is O=S(=O)(Oc1ccc2c3ccccc3c3cccc4oc1c2c43)C(F)(F)F. The van der Waals surface area contributed by atoms with Crippen LogP contribution in [0.15, 0.2) is 59.0 Å². The standard InChI is InChI=1S/C19H9F3O4S/c20-19(21,22)27(23,24)26-15-9-8-13-11-5-2-1-4-10(11)12-6-3-7-14-16(12)17(13)18(15)25-14/h1-9H. The molecular weight excluding hydrogens is 381 g/mol. The summed E-state index contributed by atoms with van der Waals surface area (Å²) in [6.45, 7) is 0. The van der Waals surface area contributed by atoms with Crippen molar-refractivity contribution in [3.63, 3.8) is 0 Å². The molecule has 0 saturated carbocycles. The molecule has 1 heterocycles. The molecule has 4 aromatic carbocycles. The van der Waals surface area contributed by atoms with Gasteiger partial charge < -0.3 is 8.60 Å². The summed E-state index contributed by atoms with van der Waals surface area (Å²) in [7, 11) is -5.81. The van der Waals surface area contributed by atoms with Crippen molar-refractivity contribution in [2.75, 3.05) is 0 Å². The van der Waals surface area contributed by atoms with Gasteiger partial charge in [-0.25, -0.2) is 0 Å². The molecule has 0 N–H and O–H groups in total. The summed E-state index contributed by atoms with van der Waals surface area (Å²) in [5, 5.41) is 4.72. The quantitative estimate of drug-likeness (QED) is 0.225. The molecule has 4 nitrogen and oxygen atoms in total. The molecule has 0 aliphatic heterocycles. The first-order chi connectivity index (χ1) is 12.8. The zero-order valence-electron chi connectivity index (χ0n) is 13.4. The van der Waals surface area contributed by atoms with E-state index in [0.717, 1.165) is 26.9 Å². The van der Waals surface area contributed by atoms with E-state index in [2.05, 4.69) is 4.18 Å². The zero-order chi connectivity index (χ0) is 19.0. The van der Waals surface area contributed by atoms with Crippen LogP contribution in [0.2, 0.25) is 0 Å². The van der Waals surface area contributed by atoms with Crippen LogP contribution in [0.25, 0.3) is 43.5 Å². The Hall–Kier alpha value is -3.00. The number of fused-ring (bicyclic) bond motifs is 3. The Kier molecular flexibility index (Phi) is 3.02. The van der Waals surface area contributed by atoms with E-state index in [-0.39, 0.29) is 5.58 Å². The van der Waals surface area contributed by atoms with Gasteiger partial charge >= 0.3 is 15.6 Å². The monoisotopic (exact) mass is 390 g/mol. The second-order valence-electron chi connectivity index (χ2n) is 6.12. The van der Waals surface area contributed by atoms with Gasteiger partial charge in [0.25, 0.3) is 0 Å². The molecule has 0 spiro atoms. The molecule has 0 saturated heterocycles. The average Bonchev–Trinajstić information content (AvgIpc) is 3.01. The van der Waals surface area contributed by atoms with Crippen molar-refractivity contribution >= 4 is 53.6 Å². The van der Waals surface area contributed by atoms with Gasteiger partial charge in [-0.2, -0.15) is 21.6 Å². The van der Waals surface area contributed by atoms with Gasteiger partial charge in [-0.1, -0.05) is 36.4 Å². The van der Waals surface area contributed by atoms with Crippen LogP contribution in [0.1, 0.15) is 0 Å². The second-order valence-corrected chi connectivity index (χ2v) is 7.66. The number of hydrogen-bond donors (Lipinski definition) is 0. The van der Waals surface area contributed by atoms with Crippen LogP contribution in [-0.2, 0) is 10.1 Å². The topological polar surface area (TPSA) is 56.5 Å². The summed E-state index contributed by atoms with van der Waals surface area (Å²) in [6, 6.07) is 15.7. The number of rotatable bonds is 2. The number of halogens is 3. The first-order valence-electron chi connectivity index (χ1n) is 7.87. The molecule has 27 heavy (non-hydrogen) atoms. The lowest BCUT2D eigenvalue weighted by molar-refractivity contribution is -0.0499. The molecule has 0 bridgehead atoms. The summed E-state index contributed by atoms with van der Waals surface area (Å²) >= 11 is 0. The van der Waals surface area contributed by atoms with Gasteiger partial charge in [-0.05, 0) is 39.7 Å². The molecule has 136 valence electrons. The minimum absolute atomic E-state index is 0.0303. The van der Waals surface area contributed by atoms with Crippen LogP contribution < -0.4 is 4.18 Å². The summed E-state index contributed by atoms with van der Waals surface area (Å²) in [5.74, 6) is -0.493. The lowest BCUT2D eigenvalue weighted by atomic mass is 9.94. The van der Waals surface area contributed by atoms with Crippen molar-refractivity contribution in [1.82, 2.24) is 0 Å². The highest BCUT2D eigenvalue weighted by Crippen LogP contribution is 2.45. The molecule has 0 fully saturated rings. The van der Waals surface area contributed by atoms with E-state index in [9.17, 15) is 21.6 Å².